The van der Waals surface area contributed by atoms with Crippen LogP contribution in [0.3, 0.4) is 0 Å². The maximum atomic E-state index is 8.80. The Hall–Kier alpha value is -2.59. The molecule has 1 aromatic rings. The van der Waals surface area contributed by atoms with E-state index in [0.717, 1.165) is 31.9 Å². The number of nitrogens with one attached hydrogen (secondary N) is 2. The highest BCUT2D eigenvalue weighted by molar-refractivity contribution is 6.45. The van der Waals surface area contributed by atoms with Gasteiger partial charge in [-0.2, -0.15) is 10.4 Å². The van der Waals surface area contributed by atoms with Crippen molar-refractivity contribution in [2.45, 2.75) is 13.3 Å². The van der Waals surface area contributed by atoms with E-state index in [1.165, 1.54) is 18.7 Å². The van der Waals surface area contributed by atoms with E-state index >= 15 is 0 Å². The Labute approximate surface area is 136 Å². The summed E-state index contributed by atoms with van der Waals surface area (Å²) < 4.78 is 0. The molecule has 0 saturated carbocycles. The highest BCUT2D eigenvalue weighted by Crippen LogP contribution is 2.19. The van der Waals surface area contributed by atoms with Gasteiger partial charge in [-0.25, -0.2) is 0 Å². The smallest absolute Gasteiger partial charge is 0.201 e. The van der Waals surface area contributed by atoms with Crippen LogP contribution in [0, 0.1) is 16.7 Å². The SMILES string of the molecule is CCCN1CCN(c2ccc(N/N=C(\C#N)C(=N)N)cc2)CC1. The Morgan fingerprint density at radius 1 is 1.30 bits per heavy atom. The number of rotatable bonds is 6. The molecule has 1 heterocycles. The Kier molecular flexibility index (Phi) is 5.94. The third-order valence-corrected chi connectivity index (χ3v) is 3.80. The molecular formula is C16H23N7. The van der Waals surface area contributed by atoms with Crippen LogP contribution in [-0.2, 0) is 0 Å². The molecular weight excluding hydrogens is 290 g/mol. The molecule has 4 N–H and O–H groups in total. The van der Waals surface area contributed by atoms with Crippen LogP contribution < -0.4 is 16.1 Å². The number of nitriles is 1. The molecule has 2 rings (SSSR count). The van der Waals surface area contributed by atoms with Crippen molar-refractivity contribution in [2.75, 3.05) is 43.0 Å². The molecule has 0 spiro atoms. The van der Waals surface area contributed by atoms with Gasteiger partial charge in [0, 0.05) is 31.9 Å². The molecule has 1 aliphatic rings. The van der Waals surface area contributed by atoms with Crippen LogP contribution in [0.25, 0.3) is 0 Å². The number of hydrazone groups is 1. The maximum Gasteiger partial charge on any atom is 0.201 e. The highest BCUT2D eigenvalue weighted by Gasteiger charge is 2.16. The Morgan fingerprint density at radius 3 is 2.48 bits per heavy atom. The molecule has 0 unspecified atom stereocenters. The molecule has 7 heteroatoms. The van der Waals surface area contributed by atoms with E-state index in [4.69, 9.17) is 16.4 Å². The summed E-state index contributed by atoms with van der Waals surface area (Å²) in [7, 11) is 0. The summed E-state index contributed by atoms with van der Waals surface area (Å²) in [5, 5.41) is 19.8. The zero-order valence-corrected chi connectivity index (χ0v) is 13.4. The molecule has 1 aliphatic heterocycles. The van der Waals surface area contributed by atoms with Crippen molar-refractivity contribution >= 4 is 22.9 Å². The van der Waals surface area contributed by atoms with Gasteiger partial charge >= 0.3 is 0 Å². The van der Waals surface area contributed by atoms with Gasteiger partial charge in [0.1, 0.15) is 6.07 Å². The number of hydrogen-bond acceptors (Lipinski definition) is 6. The largest absolute Gasteiger partial charge is 0.382 e. The predicted molar refractivity (Wildman–Crippen MR) is 94.0 cm³/mol. The van der Waals surface area contributed by atoms with E-state index in [1.54, 1.807) is 6.07 Å². The van der Waals surface area contributed by atoms with Crippen LogP contribution in [0.5, 0.6) is 0 Å². The number of benzene rings is 1. The van der Waals surface area contributed by atoms with Crippen molar-refractivity contribution in [3.8, 4) is 6.07 Å². The van der Waals surface area contributed by atoms with Gasteiger partial charge in [0.25, 0.3) is 0 Å². The first kappa shape index (κ1) is 16.8. The summed E-state index contributed by atoms with van der Waals surface area (Å²) in [5.74, 6) is -0.346. The molecule has 1 fully saturated rings. The van der Waals surface area contributed by atoms with Gasteiger partial charge in [-0.1, -0.05) is 6.92 Å². The average Bonchev–Trinajstić information content (AvgIpc) is 2.57. The zero-order valence-electron chi connectivity index (χ0n) is 13.4. The molecule has 122 valence electrons. The number of hydrogen-bond donors (Lipinski definition) is 3. The lowest BCUT2D eigenvalue weighted by molar-refractivity contribution is 0.258. The lowest BCUT2D eigenvalue weighted by Crippen LogP contribution is -2.46. The van der Waals surface area contributed by atoms with E-state index in [0.29, 0.717) is 0 Å². The van der Waals surface area contributed by atoms with Crippen LogP contribution in [0.1, 0.15) is 13.3 Å². The molecule has 0 aliphatic carbocycles. The summed E-state index contributed by atoms with van der Waals surface area (Å²) in [5.41, 5.74) is 9.81. The highest BCUT2D eigenvalue weighted by atomic mass is 15.3. The van der Waals surface area contributed by atoms with Gasteiger partial charge < -0.3 is 10.6 Å². The third kappa shape index (κ3) is 4.69. The summed E-state index contributed by atoms with van der Waals surface area (Å²) in [4.78, 5) is 4.86. The van der Waals surface area contributed by atoms with Gasteiger partial charge in [0.2, 0.25) is 5.71 Å². The quantitative estimate of drug-likeness (QED) is 0.419. The van der Waals surface area contributed by atoms with Crippen molar-refractivity contribution in [3.05, 3.63) is 24.3 Å². The third-order valence-electron chi connectivity index (χ3n) is 3.80. The fourth-order valence-electron chi connectivity index (χ4n) is 2.56. The van der Waals surface area contributed by atoms with Crippen molar-refractivity contribution in [3.63, 3.8) is 0 Å². The molecule has 0 aromatic heterocycles. The Balaban J connectivity index is 1.93. The van der Waals surface area contributed by atoms with E-state index < -0.39 is 0 Å². The number of nitrogens with zero attached hydrogens (tertiary/aromatic N) is 4. The second-order valence-corrected chi connectivity index (χ2v) is 5.47. The zero-order chi connectivity index (χ0) is 16.7. The molecule has 0 radical (unpaired) electrons. The first-order chi connectivity index (χ1) is 11.1. The fourth-order valence-corrected chi connectivity index (χ4v) is 2.56. The minimum Gasteiger partial charge on any atom is -0.382 e. The molecule has 23 heavy (non-hydrogen) atoms. The van der Waals surface area contributed by atoms with Crippen LogP contribution in [0.15, 0.2) is 29.4 Å². The van der Waals surface area contributed by atoms with Gasteiger partial charge in [0.05, 0.1) is 5.69 Å². The van der Waals surface area contributed by atoms with Crippen molar-refractivity contribution < 1.29 is 0 Å². The molecule has 0 bridgehead atoms. The van der Waals surface area contributed by atoms with Crippen LogP contribution in [0.4, 0.5) is 11.4 Å². The van der Waals surface area contributed by atoms with Gasteiger partial charge in [0.15, 0.2) is 5.84 Å². The Bertz CT molecular complexity index is 592. The second-order valence-electron chi connectivity index (χ2n) is 5.47. The summed E-state index contributed by atoms with van der Waals surface area (Å²) in [6, 6.07) is 9.66. The van der Waals surface area contributed by atoms with Crippen LogP contribution in [-0.4, -0.2) is 49.2 Å². The van der Waals surface area contributed by atoms with E-state index in [9.17, 15) is 0 Å². The van der Waals surface area contributed by atoms with E-state index in [1.807, 2.05) is 24.3 Å². The minimum atomic E-state index is -0.346. The van der Waals surface area contributed by atoms with Gasteiger partial charge in [-0.15, -0.1) is 0 Å². The van der Waals surface area contributed by atoms with Crippen molar-refractivity contribution in [1.82, 2.24) is 4.90 Å². The molecule has 1 saturated heterocycles. The number of nitrogens with two attached hydrogens (primary N) is 1. The lowest BCUT2D eigenvalue weighted by atomic mass is 10.2. The molecule has 0 atom stereocenters. The molecule has 0 amide bonds. The van der Waals surface area contributed by atoms with Crippen LogP contribution in [0.2, 0.25) is 0 Å². The second kappa shape index (κ2) is 8.15. The van der Waals surface area contributed by atoms with E-state index in [2.05, 4.69) is 27.3 Å². The van der Waals surface area contributed by atoms with Crippen molar-refractivity contribution in [1.29, 1.82) is 10.7 Å². The summed E-state index contributed by atoms with van der Waals surface area (Å²) >= 11 is 0. The number of anilines is 2. The number of piperazine rings is 1. The maximum absolute atomic E-state index is 8.80. The lowest BCUT2D eigenvalue weighted by Gasteiger charge is -2.36. The van der Waals surface area contributed by atoms with Gasteiger partial charge in [-0.05, 0) is 37.2 Å². The molecule has 1 aromatic carbocycles. The van der Waals surface area contributed by atoms with Gasteiger partial charge in [-0.3, -0.25) is 15.7 Å². The van der Waals surface area contributed by atoms with Crippen LogP contribution >= 0.6 is 0 Å². The summed E-state index contributed by atoms with van der Waals surface area (Å²) in [6.45, 7) is 7.66. The topological polar surface area (TPSA) is 105 Å². The first-order valence-electron chi connectivity index (χ1n) is 7.79. The first-order valence-corrected chi connectivity index (χ1v) is 7.79. The fraction of sp³-hybridized carbons (Fsp3) is 0.438. The normalized spacial score (nSPS) is 16.0. The average molecular weight is 313 g/mol. The standard InChI is InChI=1S/C16H23N7/c1-2-7-22-8-10-23(11-9-22)14-5-3-13(4-6-14)20-21-15(12-17)16(18)19/h3-6,20H,2,7-11H2,1H3,(H3,18,19)/b21-15+. The van der Waals surface area contributed by atoms with E-state index in [-0.39, 0.29) is 11.5 Å². The Morgan fingerprint density at radius 2 is 1.96 bits per heavy atom. The summed E-state index contributed by atoms with van der Waals surface area (Å²) in [6.07, 6.45) is 1.20. The van der Waals surface area contributed by atoms with Crippen molar-refractivity contribution in [2.24, 2.45) is 10.8 Å². The number of amidine groups is 1. The minimum absolute atomic E-state index is 0.124. The monoisotopic (exact) mass is 313 g/mol. The molecule has 7 nitrogen and oxygen atoms in total. The predicted octanol–water partition coefficient (Wildman–Crippen LogP) is 1.45.